The van der Waals surface area contributed by atoms with Crippen molar-refractivity contribution < 1.29 is 13.9 Å². The third-order valence-corrected chi connectivity index (χ3v) is 4.13. The maximum absolute atomic E-state index is 13.2. The zero-order valence-electron chi connectivity index (χ0n) is 9.30. The second-order valence-corrected chi connectivity index (χ2v) is 6.03. The number of benzene rings is 2. The van der Waals surface area contributed by atoms with Crippen LogP contribution in [0.3, 0.4) is 0 Å². The second-order valence-electron chi connectivity index (χ2n) is 3.86. The van der Waals surface area contributed by atoms with Gasteiger partial charge in [0.05, 0.1) is 0 Å². The lowest BCUT2D eigenvalue weighted by Crippen LogP contribution is -2.03. The fourth-order valence-corrected chi connectivity index (χ4v) is 2.74. The number of rotatable bonds is 2. The summed E-state index contributed by atoms with van der Waals surface area (Å²) in [6.07, 6.45) is -1.16. The molecule has 1 unspecified atom stereocenters. The molecule has 2 aromatic carbocycles. The van der Waals surface area contributed by atoms with Crippen LogP contribution in [0.4, 0.5) is 8.78 Å². The maximum Gasteiger partial charge on any atom is 0.160 e. The summed E-state index contributed by atoms with van der Waals surface area (Å²) in [5, 5.41) is 10.2. The Kier molecular flexibility index (Phi) is 4.61. The Morgan fingerprint density at radius 3 is 2.32 bits per heavy atom. The number of aliphatic hydroxyl groups is 1. The molecule has 0 heterocycles. The summed E-state index contributed by atoms with van der Waals surface area (Å²) >= 11 is 12.4. The predicted molar refractivity (Wildman–Crippen MR) is 77.3 cm³/mol. The molecule has 1 atom stereocenters. The Morgan fingerprint density at radius 2 is 1.63 bits per heavy atom. The quantitative estimate of drug-likeness (QED) is 0.670. The van der Waals surface area contributed by atoms with Crippen molar-refractivity contribution in [2.24, 2.45) is 0 Å². The molecule has 0 saturated carbocycles. The zero-order chi connectivity index (χ0) is 14.2. The summed E-state index contributed by atoms with van der Waals surface area (Å²) in [4.78, 5) is 0. The molecule has 1 N–H and O–H groups in total. The lowest BCUT2D eigenvalue weighted by Gasteiger charge is -2.15. The van der Waals surface area contributed by atoms with Crippen LogP contribution >= 0.6 is 43.5 Å². The Balaban J connectivity index is 2.52. The van der Waals surface area contributed by atoms with Crippen molar-refractivity contribution in [3.05, 3.63) is 67.1 Å². The predicted octanol–water partition coefficient (Wildman–Crippen LogP) is 5.22. The number of aliphatic hydroxyl groups excluding tert-OH is 1. The normalized spacial score (nSPS) is 12.5. The molecule has 0 saturated heterocycles. The van der Waals surface area contributed by atoms with Gasteiger partial charge in [0.15, 0.2) is 11.6 Å². The van der Waals surface area contributed by atoms with Crippen LogP contribution < -0.4 is 0 Å². The summed E-state index contributed by atoms with van der Waals surface area (Å²) in [5.41, 5.74) is 0.613. The molecule has 0 fully saturated rings. The van der Waals surface area contributed by atoms with Gasteiger partial charge in [0.1, 0.15) is 6.10 Å². The molecule has 100 valence electrons. The largest absolute Gasteiger partial charge is 0.384 e. The molecule has 6 heteroatoms. The highest BCUT2D eigenvalue weighted by atomic mass is 79.9. The number of hydrogen-bond donors (Lipinski definition) is 1. The zero-order valence-corrected chi connectivity index (χ0v) is 13.2. The van der Waals surface area contributed by atoms with Gasteiger partial charge in [-0.15, -0.1) is 0 Å². The first-order chi connectivity index (χ1) is 8.90. The van der Waals surface area contributed by atoms with E-state index in [1.807, 2.05) is 0 Å². The van der Waals surface area contributed by atoms with Crippen LogP contribution in [0.25, 0.3) is 0 Å². The number of halogens is 5. The molecular weight excluding hydrogens is 405 g/mol. The highest BCUT2D eigenvalue weighted by molar-refractivity contribution is 9.11. The van der Waals surface area contributed by atoms with E-state index in [-0.39, 0.29) is 10.6 Å². The van der Waals surface area contributed by atoms with Gasteiger partial charge in [-0.2, -0.15) is 0 Å². The van der Waals surface area contributed by atoms with E-state index in [9.17, 15) is 13.9 Å². The van der Waals surface area contributed by atoms with Crippen molar-refractivity contribution in [1.29, 1.82) is 0 Å². The van der Waals surface area contributed by atoms with E-state index in [1.54, 1.807) is 18.2 Å². The molecule has 0 aliphatic heterocycles. The summed E-state index contributed by atoms with van der Waals surface area (Å²) in [5.74, 6) is -2.10. The Bertz CT molecular complexity index is 634. The third kappa shape index (κ3) is 3.16. The van der Waals surface area contributed by atoms with Gasteiger partial charge in [0.25, 0.3) is 0 Å². The Morgan fingerprint density at radius 1 is 1.00 bits per heavy atom. The van der Waals surface area contributed by atoms with E-state index in [2.05, 4.69) is 31.9 Å². The van der Waals surface area contributed by atoms with Gasteiger partial charge < -0.3 is 5.11 Å². The van der Waals surface area contributed by atoms with Crippen molar-refractivity contribution in [1.82, 2.24) is 0 Å². The van der Waals surface area contributed by atoms with E-state index in [4.69, 9.17) is 11.6 Å². The van der Waals surface area contributed by atoms with Crippen LogP contribution in [0.15, 0.2) is 39.3 Å². The summed E-state index contributed by atoms with van der Waals surface area (Å²) < 4.78 is 27.7. The lowest BCUT2D eigenvalue weighted by atomic mass is 10.0. The first-order valence-corrected chi connectivity index (χ1v) is 7.14. The average Bonchev–Trinajstić information content (AvgIpc) is 2.36. The SMILES string of the molecule is OC(c1cc(F)c(F)cc1Cl)c1cc(Br)ccc1Br. The van der Waals surface area contributed by atoms with Crippen molar-refractivity contribution in [3.8, 4) is 0 Å². The van der Waals surface area contributed by atoms with E-state index in [0.29, 0.717) is 10.0 Å². The second kappa shape index (κ2) is 5.87. The standard InChI is InChI=1S/C13H7Br2ClF2O/c14-6-1-2-9(15)7(3-6)13(19)8-4-11(17)12(18)5-10(8)16/h1-5,13,19H. The molecule has 0 aromatic heterocycles. The lowest BCUT2D eigenvalue weighted by molar-refractivity contribution is 0.219. The van der Waals surface area contributed by atoms with Gasteiger partial charge in [0.2, 0.25) is 0 Å². The van der Waals surface area contributed by atoms with E-state index >= 15 is 0 Å². The molecule has 1 nitrogen and oxygen atoms in total. The van der Waals surface area contributed by atoms with Gasteiger partial charge >= 0.3 is 0 Å². The Labute approximate surface area is 130 Å². The molecule has 0 radical (unpaired) electrons. The minimum Gasteiger partial charge on any atom is -0.384 e. The smallest absolute Gasteiger partial charge is 0.160 e. The van der Waals surface area contributed by atoms with Gasteiger partial charge in [0, 0.05) is 25.1 Å². The molecule has 2 rings (SSSR count). The van der Waals surface area contributed by atoms with E-state index in [0.717, 1.165) is 16.6 Å². The molecule has 2 aromatic rings. The first kappa shape index (κ1) is 14.9. The first-order valence-electron chi connectivity index (χ1n) is 5.17. The van der Waals surface area contributed by atoms with E-state index < -0.39 is 17.7 Å². The highest BCUT2D eigenvalue weighted by Crippen LogP contribution is 2.34. The van der Waals surface area contributed by atoms with Crippen LogP contribution in [0.1, 0.15) is 17.2 Å². The minimum absolute atomic E-state index is 0.0294. The van der Waals surface area contributed by atoms with Gasteiger partial charge in [-0.05, 0) is 30.3 Å². The van der Waals surface area contributed by atoms with Crippen LogP contribution in [0.5, 0.6) is 0 Å². The van der Waals surface area contributed by atoms with Crippen LogP contribution in [-0.2, 0) is 0 Å². The highest BCUT2D eigenvalue weighted by Gasteiger charge is 2.19. The van der Waals surface area contributed by atoms with Crippen molar-refractivity contribution in [2.75, 3.05) is 0 Å². The molecule has 19 heavy (non-hydrogen) atoms. The van der Waals surface area contributed by atoms with Gasteiger partial charge in [-0.1, -0.05) is 43.5 Å². The third-order valence-electron chi connectivity index (χ3n) is 2.59. The minimum atomic E-state index is -1.16. The van der Waals surface area contributed by atoms with Crippen LogP contribution in [0, 0.1) is 11.6 Å². The van der Waals surface area contributed by atoms with E-state index in [1.165, 1.54) is 0 Å². The summed E-state index contributed by atoms with van der Waals surface area (Å²) in [7, 11) is 0. The van der Waals surface area contributed by atoms with Gasteiger partial charge in [-0.3, -0.25) is 0 Å². The Hall–Kier alpha value is -0.490. The fourth-order valence-electron chi connectivity index (χ4n) is 1.64. The fraction of sp³-hybridized carbons (Fsp3) is 0.0769. The molecular formula is C13H7Br2ClF2O. The molecule has 0 aliphatic rings. The monoisotopic (exact) mass is 410 g/mol. The maximum atomic E-state index is 13.2. The summed E-state index contributed by atoms with van der Waals surface area (Å²) in [6.45, 7) is 0. The number of hydrogen-bond acceptors (Lipinski definition) is 1. The van der Waals surface area contributed by atoms with Crippen molar-refractivity contribution >= 4 is 43.5 Å². The van der Waals surface area contributed by atoms with Gasteiger partial charge in [-0.25, -0.2) is 8.78 Å². The van der Waals surface area contributed by atoms with Crippen LogP contribution in [-0.4, -0.2) is 5.11 Å². The molecule has 0 spiro atoms. The topological polar surface area (TPSA) is 20.2 Å². The van der Waals surface area contributed by atoms with Crippen molar-refractivity contribution in [2.45, 2.75) is 6.10 Å². The molecule has 0 aliphatic carbocycles. The average molecular weight is 412 g/mol. The summed E-state index contributed by atoms with van der Waals surface area (Å²) in [6, 6.07) is 6.94. The van der Waals surface area contributed by atoms with Crippen LogP contribution in [0.2, 0.25) is 5.02 Å². The molecule has 0 amide bonds. The molecule has 0 bridgehead atoms. The van der Waals surface area contributed by atoms with Crippen molar-refractivity contribution in [3.63, 3.8) is 0 Å².